The molecule has 2 aromatic carbocycles. The summed E-state index contributed by atoms with van der Waals surface area (Å²) in [4.78, 5) is 13.8. The minimum atomic E-state index is -0.951. The smallest absolute Gasteiger partial charge is 0.335 e. The molecule has 94 valence electrons. The van der Waals surface area contributed by atoms with Gasteiger partial charge in [0.2, 0.25) is 0 Å². The molecule has 4 heteroatoms. The summed E-state index contributed by atoms with van der Waals surface area (Å²) in [5.74, 6) is -1.24. The molecule has 0 spiro atoms. The second-order valence-corrected chi connectivity index (χ2v) is 4.27. The molecule has 0 saturated heterocycles. The summed E-state index contributed by atoms with van der Waals surface area (Å²) < 4.78 is 13.1. The number of aromatic amines is 1. The highest BCUT2D eigenvalue weighted by atomic mass is 19.1. The van der Waals surface area contributed by atoms with Gasteiger partial charge in [0.25, 0.3) is 0 Å². The van der Waals surface area contributed by atoms with E-state index in [4.69, 9.17) is 5.11 Å². The van der Waals surface area contributed by atoms with Crippen LogP contribution in [0.5, 0.6) is 0 Å². The van der Waals surface area contributed by atoms with Crippen LogP contribution < -0.4 is 0 Å². The highest BCUT2D eigenvalue weighted by Gasteiger charge is 2.08. The van der Waals surface area contributed by atoms with Crippen LogP contribution in [0, 0.1) is 5.82 Å². The lowest BCUT2D eigenvalue weighted by molar-refractivity contribution is 0.0697. The van der Waals surface area contributed by atoms with Crippen LogP contribution in [0.2, 0.25) is 0 Å². The van der Waals surface area contributed by atoms with Crippen molar-refractivity contribution in [2.45, 2.75) is 0 Å². The van der Waals surface area contributed by atoms with Crippen LogP contribution in [0.25, 0.3) is 22.0 Å². The molecule has 0 fully saturated rings. The summed E-state index contributed by atoms with van der Waals surface area (Å²) in [6, 6.07) is 11.2. The first-order valence-corrected chi connectivity index (χ1v) is 5.75. The van der Waals surface area contributed by atoms with Gasteiger partial charge in [0.15, 0.2) is 0 Å². The molecule has 1 heterocycles. The van der Waals surface area contributed by atoms with Crippen LogP contribution >= 0.6 is 0 Å². The number of rotatable bonds is 2. The Balaban J connectivity index is 2.11. The minimum absolute atomic E-state index is 0.245. The Bertz CT molecular complexity index is 759. The highest BCUT2D eigenvalue weighted by Crippen LogP contribution is 2.29. The van der Waals surface area contributed by atoms with E-state index in [2.05, 4.69) is 4.98 Å². The average Bonchev–Trinajstić information content (AvgIpc) is 2.81. The summed E-state index contributed by atoms with van der Waals surface area (Å²) in [6.45, 7) is 0. The molecule has 1 aromatic heterocycles. The van der Waals surface area contributed by atoms with Crippen LogP contribution in [0.3, 0.4) is 0 Å². The second-order valence-electron chi connectivity index (χ2n) is 4.27. The van der Waals surface area contributed by atoms with E-state index in [0.717, 1.165) is 22.0 Å². The molecule has 0 amide bonds. The number of H-pyrrole nitrogens is 1. The van der Waals surface area contributed by atoms with Crippen LogP contribution in [-0.2, 0) is 0 Å². The Morgan fingerprint density at radius 3 is 2.53 bits per heavy atom. The number of fused-ring (bicyclic) bond motifs is 1. The molecule has 3 aromatic rings. The predicted molar refractivity (Wildman–Crippen MR) is 70.7 cm³/mol. The Labute approximate surface area is 108 Å². The van der Waals surface area contributed by atoms with Crippen molar-refractivity contribution in [3.63, 3.8) is 0 Å². The molecular formula is C15H10FNO2. The summed E-state index contributed by atoms with van der Waals surface area (Å²) in [7, 11) is 0. The molecule has 0 radical (unpaired) electrons. The zero-order chi connectivity index (χ0) is 13.4. The summed E-state index contributed by atoms with van der Waals surface area (Å²) in [6.07, 6.45) is 1.79. The standard InChI is InChI=1S/C15H10FNO2/c16-11-5-6-12-13(8-17-14(12)7-11)9-1-3-10(4-2-9)15(18)19/h1-8,17H,(H,18,19). The third kappa shape index (κ3) is 1.97. The second kappa shape index (κ2) is 4.24. The first-order valence-electron chi connectivity index (χ1n) is 5.75. The number of carbonyl (C=O) groups is 1. The normalized spacial score (nSPS) is 10.8. The number of nitrogens with one attached hydrogen (secondary N) is 1. The van der Waals surface area contributed by atoms with E-state index in [9.17, 15) is 9.18 Å². The molecule has 0 atom stereocenters. The van der Waals surface area contributed by atoms with Crippen molar-refractivity contribution < 1.29 is 14.3 Å². The molecule has 0 aliphatic carbocycles. The molecule has 0 bridgehead atoms. The lowest BCUT2D eigenvalue weighted by Crippen LogP contribution is -1.94. The summed E-state index contributed by atoms with van der Waals surface area (Å²) in [5.41, 5.74) is 2.78. The number of carboxylic acids is 1. The fraction of sp³-hybridized carbons (Fsp3) is 0. The maximum Gasteiger partial charge on any atom is 0.335 e. The van der Waals surface area contributed by atoms with Crippen LogP contribution in [0.15, 0.2) is 48.7 Å². The van der Waals surface area contributed by atoms with Crippen molar-refractivity contribution in [1.29, 1.82) is 0 Å². The molecule has 0 unspecified atom stereocenters. The number of benzene rings is 2. The maximum atomic E-state index is 13.1. The van der Waals surface area contributed by atoms with Crippen LogP contribution in [0.1, 0.15) is 10.4 Å². The number of carboxylic acid groups (broad SMARTS) is 1. The van der Waals surface area contributed by atoms with Crippen LogP contribution in [0.4, 0.5) is 4.39 Å². The Morgan fingerprint density at radius 1 is 1.11 bits per heavy atom. The van der Waals surface area contributed by atoms with Crippen molar-refractivity contribution >= 4 is 16.9 Å². The molecule has 2 N–H and O–H groups in total. The van der Waals surface area contributed by atoms with E-state index in [-0.39, 0.29) is 11.4 Å². The van der Waals surface area contributed by atoms with Crippen molar-refractivity contribution in [3.05, 3.63) is 60.0 Å². The van der Waals surface area contributed by atoms with Gasteiger partial charge in [-0.05, 0) is 35.9 Å². The topological polar surface area (TPSA) is 53.1 Å². The molecule has 0 aliphatic heterocycles. The van der Waals surface area contributed by atoms with Gasteiger partial charge < -0.3 is 10.1 Å². The number of halogens is 1. The number of aromatic nitrogens is 1. The van der Waals surface area contributed by atoms with E-state index < -0.39 is 5.97 Å². The zero-order valence-electron chi connectivity index (χ0n) is 9.85. The lowest BCUT2D eigenvalue weighted by atomic mass is 10.0. The molecule has 3 nitrogen and oxygen atoms in total. The molecule has 19 heavy (non-hydrogen) atoms. The Kier molecular flexibility index (Phi) is 2.56. The number of hydrogen-bond acceptors (Lipinski definition) is 1. The van der Waals surface area contributed by atoms with Crippen LogP contribution in [-0.4, -0.2) is 16.1 Å². The van der Waals surface area contributed by atoms with Gasteiger partial charge in [0.05, 0.1) is 5.56 Å². The highest BCUT2D eigenvalue weighted by molar-refractivity contribution is 5.96. The number of hydrogen-bond donors (Lipinski definition) is 2. The Morgan fingerprint density at radius 2 is 1.84 bits per heavy atom. The predicted octanol–water partition coefficient (Wildman–Crippen LogP) is 3.67. The van der Waals surface area contributed by atoms with E-state index in [1.165, 1.54) is 12.1 Å². The number of aromatic carboxylic acids is 1. The monoisotopic (exact) mass is 255 g/mol. The largest absolute Gasteiger partial charge is 0.478 e. The molecular weight excluding hydrogens is 245 g/mol. The summed E-state index contributed by atoms with van der Waals surface area (Å²) >= 11 is 0. The fourth-order valence-corrected chi connectivity index (χ4v) is 2.13. The minimum Gasteiger partial charge on any atom is -0.478 e. The van der Waals surface area contributed by atoms with Gasteiger partial charge in [-0.2, -0.15) is 0 Å². The first-order chi connectivity index (χ1) is 9.15. The quantitative estimate of drug-likeness (QED) is 0.734. The van der Waals surface area contributed by atoms with E-state index in [1.54, 1.807) is 36.5 Å². The zero-order valence-corrected chi connectivity index (χ0v) is 9.85. The van der Waals surface area contributed by atoms with Crippen molar-refractivity contribution in [2.24, 2.45) is 0 Å². The van der Waals surface area contributed by atoms with Gasteiger partial charge in [-0.3, -0.25) is 0 Å². The molecule has 3 rings (SSSR count). The first kappa shape index (κ1) is 11.5. The van der Waals surface area contributed by atoms with Gasteiger partial charge >= 0.3 is 5.97 Å². The van der Waals surface area contributed by atoms with Gasteiger partial charge in [0.1, 0.15) is 5.82 Å². The Hall–Kier alpha value is -2.62. The van der Waals surface area contributed by atoms with E-state index >= 15 is 0 Å². The van der Waals surface area contributed by atoms with Gasteiger partial charge in [-0.25, -0.2) is 9.18 Å². The van der Waals surface area contributed by atoms with Crippen molar-refractivity contribution in [2.75, 3.05) is 0 Å². The third-order valence-corrected chi connectivity index (χ3v) is 3.09. The lowest BCUT2D eigenvalue weighted by Gasteiger charge is -2.01. The molecule has 0 aliphatic rings. The van der Waals surface area contributed by atoms with E-state index in [0.29, 0.717) is 0 Å². The van der Waals surface area contributed by atoms with Crippen molar-refractivity contribution in [1.82, 2.24) is 4.98 Å². The summed E-state index contributed by atoms with van der Waals surface area (Å²) in [5, 5.41) is 9.77. The fourth-order valence-electron chi connectivity index (χ4n) is 2.13. The van der Waals surface area contributed by atoms with Gasteiger partial charge in [-0.1, -0.05) is 12.1 Å². The molecule has 0 saturated carbocycles. The maximum absolute atomic E-state index is 13.1. The SMILES string of the molecule is O=C(O)c1ccc(-c2c[nH]c3cc(F)ccc23)cc1. The van der Waals surface area contributed by atoms with Crippen molar-refractivity contribution in [3.8, 4) is 11.1 Å². The third-order valence-electron chi connectivity index (χ3n) is 3.09. The van der Waals surface area contributed by atoms with Gasteiger partial charge in [0, 0.05) is 22.7 Å². The van der Waals surface area contributed by atoms with E-state index in [1.807, 2.05) is 0 Å². The average molecular weight is 255 g/mol. The van der Waals surface area contributed by atoms with Gasteiger partial charge in [-0.15, -0.1) is 0 Å².